The first-order valence-electron chi connectivity index (χ1n) is 9.08. The van der Waals surface area contributed by atoms with Gasteiger partial charge in [-0.05, 0) is 44.2 Å². The summed E-state index contributed by atoms with van der Waals surface area (Å²) in [4.78, 5) is 31.1. The molecule has 142 valence electrons. The van der Waals surface area contributed by atoms with Gasteiger partial charge in [0.05, 0.1) is 16.6 Å². The Kier molecular flexibility index (Phi) is 4.60. The number of nitrogens with zero attached hydrogens (tertiary/aromatic N) is 3. The summed E-state index contributed by atoms with van der Waals surface area (Å²) in [7, 11) is 0. The molecule has 28 heavy (non-hydrogen) atoms. The normalized spacial score (nSPS) is 12.8. The fourth-order valence-electron chi connectivity index (χ4n) is 3.44. The minimum Gasteiger partial charge on any atom is -0.493 e. The monoisotopic (exact) mass is 393 g/mol. The SMILES string of the molecule is CCN(CC)c1ccc(-n2c(O)c(C3=c4ccccc4=NC3=O)sc2=O)cc1. The molecule has 0 unspecified atom stereocenters. The van der Waals surface area contributed by atoms with E-state index in [-0.39, 0.29) is 21.2 Å². The molecule has 3 aromatic rings. The second-order valence-corrected chi connectivity index (χ2v) is 7.32. The van der Waals surface area contributed by atoms with Gasteiger partial charge in [-0.15, -0.1) is 0 Å². The van der Waals surface area contributed by atoms with E-state index in [0.29, 0.717) is 16.3 Å². The molecule has 6 nitrogen and oxygen atoms in total. The molecular formula is C21H19N3O3S. The summed E-state index contributed by atoms with van der Waals surface area (Å²) >= 11 is 0.849. The van der Waals surface area contributed by atoms with Crippen LogP contribution >= 0.6 is 11.3 Å². The average Bonchev–Trinajstić information content (AvgIpc) is 3.18. The molecule has 0 aliphatic carbocycles. The van der Waals surface area contributed by atoms with Crippen molar-refractivity contribution in [3.63, 3.8) is 0 Å². The number of thiazole rings is 1. The number of hydrogen-bond acceptors (Lipinski definition) is 5. The summed E-state index contributed by atoms with van der Waals surface area (Å²) in [6.07, 6.45) is 0. The first kappa shape index (κ1) is 18.2. The van der Waals surface area contributed by atoms with Gasteiger partial charge in [0.15, 0.2) is 0 Å². The lowest BCUT2D eigenvalue weighted by Gasteiger charge is -2.21. The molecule has 1 aliphatic rings. The maximum atomic E-state index is 12.6. The van der Waals surface area contributed by atoms with Crippen molar-refractivity contribution < 1.29 is 9.90 Å². The molecule has 1 amide bonds. The van der Waals surface area contributed by atoms with Crippen molar-refractivity contribution >= 4 is 28.5 Å². The molecule has 7 heteroatoms. The Morgan fingerprint density at radius 1 is 1.04 bits per heavy atom. The molecular weight excluding hydrogens is 374 g/mol. The molecule has 0 atom stereocenters. The van der Waals surface area contributed by atoms with Crippen LogP contribution in [0.4, 0.5) is 5.69 Å². The smallest absolute Gasteiger partial charge is 0.315 e. The zero-order valence-electron chi connectivity index (χ0n) is 15.5. The lowest BCUT2D eigenvalue weighted by molar-refractivity contribution is -0.112. The number of carbonyl (C=O) groups is 1. The zero-order valence-corrected chi connectivity index (χ0v) is 16.4. The van der Waals surface area contributed by atoms with Crippen LogP contribution in [0.15, 0.2) is 58.3 Å². The van der Waals surface area contributed by atoms with Crippen molar-refractivity contribution in [1.29, 1.82) is 0 Å². The van der Waals surface area contributed by atoms with Gasteiger partial charge in [-0.3, -0.25) is 9.59 Å². The summed E-state index contributed by atoms with van der Waals surface area (Å²) in [5, 5.41) is 12.0. The van der Waals surface area contributed by atoms with Crippen molar-refractivity contribution in [3.05, 3.63) is 73.7 Å². The molecule has 0 spiro atoms. The number of aromatic nitrogens is 1. The van der Waals surface area contributed by atoms with Gasteiger partial charge in [0.2, 0.25) is 5.88 Å². The van der Waals surface area contributed by atoms with Gasteiger partial charge in [0.1, 0.15) is 4.88 Å². The maximum absolute atomic E-state index is 12.6. The molecule has 1 N–H and O–H groups in total. The molecule has 1 aliphatic heterocycles. The average molecular weight is 393 g/mol. The second kappa shape index (κ2) is 7.09. The van der Waals surface area contributed by atoms with E-state index in [1.54, 1.807) is 36.4 Å². The molecule has 0 bridgehead atoms. The first-order chi connectivity index (χ1) is 13.5. The summed E-state index contributed by atoms with van der Waals surface area (Å²) in [6.45, 7) is 5.93. The van der Waals surface area contributed by atoms with E-state index < -0.39 is 5.91 Å². The highest BCUT2D eigenvalue weighted by molar-refractivity contribution is 7.11. The zero-order chi connectivity index (χ0) is 19.8. The predicted molar refractivity (Wildman–Crippen MR) is 110 cm³/mol. The number of para-hydroxylation sites is 1. The minimum atomic E-state index is -0.443. The molecule has 0 saturated carbocycles. The van der Waals surface area contributed by atoms with Gasteiger partial charge in [0.25, 0.3) is 5.91 Å². The van der Waals surface area contributed by atoms with Crippen LogP contribution in [0.1, 0.15) is 18.7 Å². The Morgan fingerprint density at radius 2 is 1.71 bits per heavy atom. The number of carbonyl (C=O) groups excluding carboxylic acids is 1. The Balaban J connectivity index is 1.83. The van der Waals surface area contributed by atoms with Gasteiger partial charge >= 0.3 is 4.87 Å². The van der Waals surface area contributed by atoms with Crippen molar-refractivity contribution in [2.45, 2.75) is 13.8 Å². The van der Waals surface area contributed by atoms with Crippen LogP contribution in [0.2, 0.25) is 0 Å². The van der Waals surface area contributed by atoms with Crippen LogP contribution < -0.4 is 20.3 Å². The summed E-state index contributed by atoms with van der Waals surface area (Å²) in [6, 6.07) is 14.5. The Morgan fingerprint density at radius 3 is 2.39 bits per heavy atom. The number of fused-ring (bicyclic) bond motifs is 1. The van der Waals surface area contributed by atoms with Gasteiger partial charge < -0.3 is 10.0 Å². The van der Waals surface area contributed by atoms with E-state index in [1.165, 1.54) is 4.57 Å². The largest absolute Gasteiger partial charge is 0.493 e. The van der Waals surface area contributed by atoms with Gasteiger partial charge in [-0.1, -0.05) is 29.5 Å². The highest BCUT2D eigenvalue weighted by Crippen LogP contribution is 2.30. The van der Waals surface area contributed by atoms with E-state index >= 15 is 0 Å². The van der Waals surface area contributed by atoms with Crippen LogP contribution in [-0.2, 0) is 4.79 Å². The summed E-state index contributed by atoms with van der Waals surface area (Å²) < 4.78 is 1.23. The third-order valence-electron chi connectivity index (χ3n) is 4.86. The quantitative estimate of drug-likeness (QED) is 0.717. The van der Waals surface area contributed by atoms with Crippen LogP contribution in [0.5, 0.6) is 5.88 Å². The topological polar surface area (TPSA) is 74.9 Å². The van der Waals surface area contributed by atoms with Crippen molar-refractivity contribution in [2.24, 2.45) is 4.99 Å². The fourth-order valence-corrected chi connectivity index (χ4v) is 4.38. The van der Waals surface area contributed by atoms with Crippen LogP contribution in [0.3, 0.4) is 0 Å². The molecule has 1 aromatic heterocycles. The van der Waals surface area contributed by atoms with Gasteiger partial charge in [-0.2, -0.15) is 0 Å². The van der Waals surface area contributed by atoms with Crippen LogP contribution in [0, 0.1) is 0 Å². The van der Waals surface area contributed by atoms with E-state index in [2.05, 4.69) is 23.7 Å². The molecule has 2 aromatic carbocycles. The number of aromatic hydroxyl groups is 1. The number of benzene rings is 2. The number of hydrogen-bond donors (Lipinski definition) is 1. The van der Waals surface area contributed by atoms with Crippen LogP contribution in [-0.4, -0.2) is 28.7 Å². The highest BCUT2D eigenvalue weighted by Gasteiger charge is 2.26. The lowest BCUT2D eigenvalue weighted by Crippen LogP contribution is -2.22. The molecule has 0 fully saturated rings. The van der Waals surface area contributed by atoms with Crippen molar-refractivity contribution in [3.8, 4) is 11.6 Å². The summed E-state index contributed by atoms with van der Waals surface area (Å²) in [5.74, 6) is -0.678. The third-order valence-corrected chi connectivity index (χ3v) is 5.81. The fraction of sp³-hybridized carbons (Fsp3) is 0.190. The number of amides is 1. The van der Waals surface area contributed by atoms with E-state index in [4.69, 9.17) is 0 Å². The predicted octanol–water partition coefficient (Wildman–Crippen LogP) is 1.81. The standard InChI is InChI=1S/C21H19N3O3S/c1-3-23(4-2)13-9-11-14(12-10-13)24-20(26)18(28-21(24)27)17-15-7-5-6-8-16(15)22-19(17)25/h5-12,26H,3-4H2,1-2H3. The Hall–Kier alpha value is -3.19. The number of rotatable bonds is 5. The Bertz CT molecular complexity index is 1240. The third kappa shape index (κ3) is 2.84. The van der Waals surface area contributed by atoms with E-state index in [1.807, 2.05) is 12.1 Å². The van der Waals surface area contributed by atoms with Crippen molar-refractivity contribution in [1.82, 2.24) is 4.57 Å². The summed E-state index contributed by atoms with van der Waals surface area (Å²) in [5.41, 5.74) is 1.87. The van der Waals surface area contributed by atoms with Gasteiger partial charge in [0, 0.05) is 24.0 Å². The lowest BCUT2D eigenvalue weighted by atomic mass is 10.1. The molecule has 0 saturated heterocycles. The minimum absolute atomic E-state index is 0.235. The number of anilines is 1. The van der Waals surface area contributed by atoms with Crippen molar-refractivity contribution in [2.75, 3.05) is 18.0 Å². The molecule has 2 heterocycles. The second-order valence-electron chi connectivity index (χ2n) is 6.35. The van der Waals surface area contributed by atoms with E-state index in [0.717, 1.165) is 30.1 Å². The molecule has 0 radical (unpaired) electrons. The van der Waals surface area contributed by atoms with Crippen LogP contribution in [0.25, 0.3) is 11.3 Å². The molecule has 4 rings (SSSR count). The van der Waals surface area contributed by atoms with Gasteiger partial charge in [-0.25, -0.2) is 9.56 Å². The van der Waals surface area contributed by atoms with E-state index in [9.17, 15) is 14.7 Å². The maximum Gasteiger partial charge on any atom is 0.315 e. The highest BCUT2D eigenvalue weighted by atomic mass is 32.1. The Labute approximate surface area is 165 Å². The first-order valence-corrected chi connectivity index (χ1v) is 9.89.